The molecular weight excluding hydrogens is 370 g/mol. The minimum atomic E-state index is -0.403. The molecule has 7 nitrogen and oxygen atoms in total. The highest BCUT2D eigenvalue weighted by Crippen LogP contribution is 2.27. The van der Waals surface area contributed by atoms with Crippen LogP contribution in [0.3, 0.4) is 0 Å². The van der Waals surface area contributed by atoms with E-state index in [0.29, 0.717) is 44.0 Å². The largest absolute Gasteiger partial charge is 0.368 e. The number of carbonyl (C=O) groups is 3. The van der Waals surface area contributed by atoms with Crippen LogP contribution in [0.25, 0.3) is 0 Å². The van der Waals surface area contributed by atoms with Gasteiger partial charge in [0.25, 0.3) is 11.8 Å². The van der Waals surface area contributed by atoms with Gasteiger partial charge < -0.3 is 19.9 Å². The van der Waals surface area contributed by atoms with Crippen LogP contribution in [0, 0.1) is 5.92 Å². The lowest BCUT2D eigenvalue weighted by atomic mass is 10.1. The van der Waals surface area contributed by atoms with Gasteiger partial charge in [-0.1, -0.05) is 18.9 Å². The summed E-state index contributed by atoms with van der Waals surface area (Å²) >= 11 is 0. The molecule has 4 rings (SSSR count). The van der Waals surface area contributed by atoms with E-state index in [0.717, 1.165) is 38.5 Å². The Morgan fingerprint density at radius 3 is 2.34 bits per heavy atom. The number of amides is 3. The van der Waals surface area contributed by atoms with Crippen molar-refractivity contribution in [1.82, 2.24) is 9.80 Å². The number of ether oxygens (including phenoxy) is 1. The summed E-state index contributed by atoms with van der Waals surface area (Å²) in [5.74, 6) is 0.215. The lowest BCUT2D eigenvalue weighted by Gasteiger charge is -2.36. The molecule has 29 heavy (non-hydrogen) atoms. The Labute approximate surface area is 171 Å². The molecule has 1 atom stereocenters. The maximum absolute atomic E-state index is 12.9. The normalized spacial score (nSPS) is 22.7. The fourth-order valence-electron chi connectivity index (χ4n) is 4.48. The number of benzene rings is 1. The van der Waals surface area contributed by atoms with Crippen LogP contribution < -0.4 is 5.32 Å². The summed E-state index contributed by atoms with van der Waals surface area (Å²) in [4.78, 5) is 41.4. The number of nitrogens with zero attached hydrogens (tertiary/aromatic N) is 2. The van der Waals surface area contributed by atoms with Gasteiger partial charge in [-0.05, 0) is 43.9 Å². The first-order chi connectivity index (χ1) is 14.1. The molecule has 0 spiro atoms. The van der Waals surface area contributed by atoms with Crippen LogP contribution in [0.4, 0.5) is 5.69 Å². The van der Waals surface area contributed by atoms with E-state index in [4.69, 9.17) is 4.74 Å². The van der Waals surface area contributed by atoms with E-state index >= 15 is 0 Å². The molecular formula is C22H29N3O4. The van der Waals surface area contributed by atoms with Gasteiger partial charge in [-0.3, -0.25) is 14.4 Å². The molecule has 1 aromatic carbocycles. The van der Waals surface area contributed by atoms with Crippen molar-refractivity contribution < 1.29 is 19.1 Å². The van der Waals surface area contributed by atoms with Crippen LogP contribution in [-0.4, -0.2) is 66.4 Å². The van der Waals surface area contributed by atoms with Crippen molar-refractivity contribution >= 4 is 23.4 Å². The topological polar surface area (TPSA) is 79.0 Å². The Hall–Kier alpha value is -2.41. The molecule has 0 aromatic heterocycles. The average molecular weight is 399 g/mol. The summed E-state index contributed by atoms with van der Waals surface area (Å²) in [7, 11) is 0. The SMILES string of the molecule is O=C(Nc1cccc(C(=O)N2CCN(C(=O)C3CCCC3)CC2)c1)[C@H]1CCCO1. The van der Waals surface area contributed by atoms with Crippen molar-refractivity contribution in [3.63, 3.8) is 0 Å². The summed E-state index contributed by atoms with van der Waals surface area (Å²) in [6.45, 7) is 2.90. The third kappa shape index (κ3) is 4.61. The first-order valence-electron chi connectivity index (χ1n) is 10.7. The van der Waals surface area contributed by atoms with Gasteiger partial charge in [0.15, 0.2) is 0 Å². The van der Waals surface area contributed by atoms with Gasteiger partial charge >= 0.3 is 0 Å². The highest BCUT2D eigenvalue weighted by molar-refractivity contribution is 5.98. The van der Waals surface area contributed by atoms with Gasteiger partial charge in [0, 0.05) is 50.0 Å². The first-order valence-corrected chi connectivity index (χ1v) is 10.7. The second kappa shape index (κ2) is 8.95. The summed E-state index contributed by atoms with van der Waals surface area (Å²) < 4.78 is 5.41. The lowest BCUT2D eigenvalue weighted by Crippen LogP contribution is -2.51. The number of hydrogen-bond acceptors (Lipinski definition) is 4. The maximum atomic E-state index is 12.9. The third-order valence-corrected chi connectivity index (χ3v) is 6.18. The number of rotatable bonds is 4. The predicted molar refractivity (Wildman–Crippen MR) is 108 cm³/mol. The molecule has 3 fully saturated rings. The zero-order chi connectivity index (χ0) is 20.2. The van der Waals surface area contributed by atoms with Gasteiger partial charge in [0.1, 0.15) is 6.10 Å². The highest BCUT2D eigenvalue weighted by atomic mass is 16.5. The molecule has 7 heteroatoms. The van der Waals surface area contributed by atoms with Gasteiger partial charge in [-0.2, -0.15) is 0 Å². The summed E-state index contributed by atoms with van der Waals surface area (Å²) in [6, 6.07) is 7.03. The third-order valence-electron chi connectivity index (χ3n) is 6.18. The van der Waals surface area contributed by atoms with Gasteiger partial charge in [0.05, 0.1) is 0 Å². The van der Waals surface area contributed by atoms with E-state index in [1.54, 1.807) is 29.2 Å². The molecule has 3 aliphatic rings. The van der Waals surface area contributed by atoms with Crippen molar-refractivity contribution in [3.8, 4) is 0 Å². The van der Waals surface area contributed by atoms with E-state index in [-0.39, 0.29) is 23.6 Å². The zero-order valence-electron chi connectivity index (χ0n) is 16.8. The molecule has 2 saturated heterocycles. The average Bonchev–Trinajstić information content (AvgIpc) is 3.47. The summed E-state index contributed by atoms with van der Waals surface area (Å²) in [5, 5.41) is 2.85. The molecule has 1 N–H and O–H groups in total. The molecule has 2 heterocycles. The van der Waals surface area contributed by atoms with Crippen molar-refractivity contribution in [2.75, 3.05) is 38.1 Å². The second-order valence-electron chi connectivity index (χ2n) is 8.17. The standard InChI is InChI=1S/C22H29N3O4/c26-20(19-9-4-14-29-19)23-18-8-3-7-17(15-18)22(28)25-12-10-24(11-13-25)21(27)16-5-1-2-6-16/h3,7-8,15-16,19H,1-2,4-6,9-14H2,(H,23,26)/t19-/m1/s1. The monoisotopic (exact) mass is 399 g/mol. The smallest absolute Gasteiger partial charge is 0.254 e. The molecule has 1 aromatic rings. The van der Waals surface area contributed by atoms with Crippen LogP contribution in [0.1, 0.15) is 48.9 Å². The van der Waals surface area contributed by atoms with Crippen molar-refractivity contribution in [2.24, 2.45) is 5.92 Å². The quantitative estimate of drug-likeness (QED) is 0.843. The van der Waals surface area contributed by atoms with E-state index < -0.39 is 6.10 Å². The van der Waals surface area contributed by atoms with Crippen LogP contribution in [0.2, 0.25) is 0 Å². The molecule has 1 saturated carbocycles. The minimum Gasteiger partial charge on any atom is -0.368 e. The number of piperazine rings is 1. The molecule has 1 aliphatic carbocycles. The Morgan fingerprint density at radius 1 is 0.931 bits per heavy atom. The van der Waals surface area contributed by atoms with E-state index in [2.05, 4.69) is 5.32 Å². The molecule has 156 valence electrons. The van der Waals surface area contributed by atoms with Crippen LogP contribution >= 0.6 is 0 Å². The molecule has 2 aliphatic heterocycles. The lowest BCUT2D eigenvalue weighted by molar-refractivity contribution is -0.136. The van der Waals surface area contributed by atoms with E-state index in [1.165, 1.54) is 0 Å². The van der Waals surface area contributed by atoms with Crippen molar-refractivity contribution in [3.05, 3.63) is 29.8 Å². The summed E-state index contributed by atoms with van der Waals surface area (Å²) in [6.07, 6.45) is 5.52. The predicted octanol–water partition coefficient (Wildman–Crippen LogP) is 2.28. The van der Waals surface area contributed by atoms with E-state index in [9.17, 15) is 14.4 Å². The number of nitrogens with one attached hydrogen (secondary N) is 1. The first kappa shape index (κ1) is 19.9. The Morgan fingerprint density at radius 2 is 1.66 bits per heavy atom. The fraction of sp³-hybridized carbons (Fsp3) is 0.591. The van der Waals surface area contributed by atoms with Crippen LogP contribution in [0.5, 0.6) is 0 Å². The second-order valence-corrected chi connectivity index (χ2v) is 8.17. The van der Waals surface area contributed by atoms with Crippen LogP contribution in [0.15, 0.2) is 24.3 Å². The summed E-state index contributed by atoms with van der Waals surface area (Å²) in [5.41, 5.74) is 1.15. The molecule has 0 bridgehead atoms. The Kier molecular flexibility index (Phi) is 6.13. The van der Waals surface area contributed by atoms with Gasteiger partial charge in [-0.25, -0.2) is 0 Å². The highest BCUT2D eigenvalue weighted by Gasteiger charge is 2.31. The minimum absolute atomic E-state index is 0.0637. The van der Waals surface area contributed by atoms with Gasteiger partial charge in [0.2, 0.25) is 5.91 Å². The molecule has 0 radical (unpaired) electrons. The molecule has 0 unspecified atom stereocenters. The Bertz CT molecular complexity index is 761. The Balaban J connectivity index is 1.32. The number of hydrogen-bond donors (Lipinski definition) is 1. The zero-order valence-corrected chi connectivity index (χ0v) is 16.8. The van der Waals surface area contributed by atoms with E-state index in [1.807, 2.05) is 4.90 Å². The fourth-order valence-corrected chi connectivity index (χ4v) is 4.48. The number of anilines is 1. The maximum Gasteiger partial charge on any atom is 0.254 e. The van der Waals surface area contributed by atoms with Crippen LogP contribution in [-0.2, 0) is 14.3 Å². The van der Waals surface area contributed by atoms with Crippen molar-refractivity contribution in [2.45, 2.75) is 44.6 Å². The van der Waals surface area contributed by atoms with Gasteiger partial charge in [-0.15, -0.1) is 0 Å². The number of carbonyl (C=O) groups excluding carboxylic acids is 3. The molecule has 3 amide bonds. The van der Waals surface area contributed by atoms with Crippen molar-refractivity contribution in [1.29, 1.82) is 0 Å².